The van der Waals surface area contributed by atoms with Crippen LogP contribution >= 0.6 is 22.6 Å². The van der Waals surface area contributed by atoms with Gasteiger partial charge in [-0.1, -0.05) is 17.7 Å². The number of hydrogen-bond donors (Lipinski definition) is 3. The number of carbonyl (C=O) groups is 1. The number of ether oxygens (including phenoxy) is 1. The summed E-state index contributed by atoms with van der Waals surface area (Å²) in [4.78, 5) is 29.1. The number of pyridine rings is 1. The number of carbonyl (C=O) groups excluding carboxylic acids is 2. The number of hydrogen-bond acceptors (Lipinski definition) is 8. The molecule has 0 radical (unpaired) electrons. The van der Waals surface area contributed by atoms with Crippen LogP contribution in [-0.4, -0.2) is 41.8 Å². The molecular formula is C27H24FIN4O6S. The predicted molar refractivity (Wildman–Crippen MR) is 155 cm³/mol. The average Bonchev–Trinajstić information content (AvgIpc) is 2.88. The molecule has 208 valence electrons. The number of nitrogens with one attached hydrogen (secondary N) is 1. The van der Waals surface area contributed by atoms with Gasteiger partial charge < -0.3 is 20.7 Å². The maximum absolute atomic E-state index is 14.4. The lowest BCUT2D eigenvalue weighted by Gasteiger charge is -2.30. The molecule has 2 heterocycles. The first kappa shape index (κ1) is 30.5. The molecule has 3 aromatic rings. The largest absolute Gasteiger partial charge is 0.455 e. The number of halogens is 2. The molecule has 1 aliphatic rings. The van der Waals surface area contributed by atoms with Gasteiger partial charge in [0, 0.05) is 22.4 Å². The molecule has 40 heavy (non-hydrogen) atoms. The molecular weight excluding hydrogens is 654 g/mol. The van der Waals surface area contributed by atoms with E-state index in [1.54, 1.807) is 36.3 Å². The van der Waals surface area contributed by atoms with Gasteiger partial charge >= 0.3 is 0 Å². The Balaban J connectivity index is 0.000000336. The highest BCUT2D eigenvalue weighted by atomic mass is 127. The highest BCUT2D eigenvalue weighted by Crippen LogP contribution is 2.31. The molecule has 13 heteroatoms. The Morgan fingerprint density at radius 3 is 2.35 bits per heavy atom. The van der Waals surface area contributed by atoms with E-state index in [0.29, 0.717) is 9.32 Å². The van der Waals surface area contributed by atoms with Crippen molar-refractivity contribution < 1.29 is 31.7 Å². The normalized spacial score (nSPS) is 13.1. The molecule has 4 N–H and O–H groups in total. The summed E-state index contributed by atoms with van der Waals surface area (Å²) in [6.07, 6.45) is 2.81. The van der Waals surface area contributed by atoms with E-state index in [9.17, 15) is 22.4 Å². The second-order valence-corrected chi connectivity index (χ2v) is 11.1. The van der Waals surface area contributed by atoms with Crippen molar-refractivity contribution in [1.82, 2.24) is 9.88 Å². The summed E-state index contributed by atoms with van der Waals surface area (Å²) in [6, 6.07) is 13.9. The first-order valence-electron chi connectivity index (χ1n) is 11.4. The lowest BCUT2D eigenvalue weighted by atomic mass is 10.1. The molecule has 4 rings (SSSR count). The smallest absolute Gasteiger partial charge is 0.294 e. The van der Waals surface area contributed by atoms with Gasteiger partial charge in [-0.3, -0.25) is 14.3 Å². The summed E-state index contributed by atoms with van der Waals surface area (Å²) >= 11 is 1.98. The molecule has 1 aliphatic heterocycles. The van der Waals surface area contributed by atoms with Crippen molar-refractivity contribution in [3.8, 4) is 5.75 Å². The molecule has 1 amide bonds. The molecule has 0 fully saturated rings. The van der Waals surface area contributed by atoms with E-state index in [4.69, 9.17) is 15.0 Å². The number of allylic oxidation sites excluding steroid dienone is 1. The fourth-order valence-electron chi connectivity index (χ4n) is 3.33. The van der Waals surface area contributed by atoms with Crippen LogP contribution in [0.4, 0.5) is 10.1 Å². The van der Waals surface area contributed by atoms with Crippen molar-refractivity contribution in [2.24, 2.45) is 5.73 Å². The highest BCUT2D eigenvalue weighted by Gasteiger charge is 2.30. The molecule has 10 nitrogen and oxygen atoms in total. The molecule has 1 aromatic heterocycles. The Morgan fingerprint density at radius 2 is 1.82 bits per heavy atom. The summed E-state index contributed by atoms with van der Waals surface area (Å²) in [5.74, 6) is 0.885. The number of anilines is 1. The maximum atomic E-state index is 14.4. The van der Waals surface area contributed by atoms with Crippen LogP contribution in [0, 0.1) is 23.2 Å². The highest BCUT2D eigenvalue weighted by molar-refractivity contribution is 14.1. The van der Waals surface area contributed by atoms with Crippen molar-refractivity contribution in [2.45, 2.75) is 18.7 Å². The van der Waals surface area contributed by atoms with Crippen LogP contribution in [0.5, 0.6) is 5.75 Å². The average molecular weight is 678 g/mol. The number of nitrogens with zero attached hydrogens (tertiary/aromatic N) is 2. The van der Waals surface area contributed by atoms with Gasteiger partial charge in [-0.05, 0) is 78.9 Å². The first-order valence-corrected chi connectivity index (χ1v) is 13.9. The Bertz CT molecular complexity index is 1650. The zero-order valence-electron chi connectivity index (χ0n) is 21.5. The van der Waals surface area contributed by atoms with E-state index in [-0.39, 0.29) is 33.4 Å². The Labute approximate surface area is 243 Å². The second-order valence-electron chi connectivity index (χ2n) is 8.42. The summed E-state index contributed by atoms with van der Waals surface area (Å²) in [7, 11) is -2.49. The maximum Gasteiger partial charge on any atom is 0.294 e. The number of aryl methyl sites for hydroxylation is 2. The van der Waals surface area contributed by atoms with E-state index < -0.39 is 21.8 Å². The van der Waals surface area contributed by atoms with Gasteiger partial charge in [0.2, 0.25) is 0 Å². The van der Waals surface area contributed by atoms with Crippen molar-refractivity contribution in [2.75, 3.05) is 12.4 Å². The monoisotopic (exact) mass is 678 g/mol. The SMILES string of the molecule is Cc1ccc(OC2=CC(=C=O)N(C)C(Nc3ccc(I)cc3F)=C2C(N)=O)cn1.Cc1ccc(S(=O)(=O)O)cc1. The van der Waals surface area contributed by atoms with Crippen LogP contribution in [0.25, 0.3) is 0 Å². The predicted octanol–water partition coefficient (Wildman–Crippen LogP) is 4.11. The van der Waals surface area contributed by atoms with Crippen molar-refractivity contribution >= 4 is 50.2 Å². The minimum Gasteiger partial charge on any atom is -0.455 e. The summed E-state index contributed by atoms with van der Waals surface area (Å²) in [5, 5.41) is 2.84. The molecule has 0 unspecified atom stereocenters. The number of nitrogens with two attached hydrogens (primary N) is 1. The van der Waals surface area contributed by atoms with Gasteiger partial charge in [-0.15, -0.1) is 0 Å². The summed E-state index contributed by atoms with van der Waals surface area (Å²) in [6.45, 7) is 3.66. The number of amides is 1. The van der Waals surface area contributed by atoms with Crippen molar-refractivity contribution in [3.05, 3.63) is 110 Å². The van der Waals surface area contributed by atoms with E-state index in [1.165, 1.54) is 48.5 Å². The minimum absolute atomic E-state index is 0.0213. The van der Waals surface area contributed by atoms with Crippen LogP contribution in [0.15, 0.2) is 94.6 Å². The molecule has 0 spiro atoms. The van der Waals surface area contributed by atoms with E-state index >= 15 is 0 Å². The van der Waals surface area contributed by atoms with Crippen LogP contribution in [0.2, 0.25) is 0 Å². The Hall–Kier alpha value is -4.04. The standard InChI is InChI=1S/C20H16FIN4O3.C7H8O3S/c1-11-3-5-14(9-24-11)29-17-8-13(10-27)26(2)20(18(17)19(23)28)25-16-6-4-12(22)7-15(16)21;1-6-2-4-7(5-3-6)11(8,9)10/h3-9,25H,1-2H3,(H2,23,28);2-5H,1H3,(H,8,9,10). The molecule has 0 bridgehead atoms. The number of aromatic nitrogens is 1. The number of primary amides is 1. The lowest BCUT2D eigenvalue weighted by Crippen LogP contribution is -2.33. The van der Waals surface area contributed by atoms with E-state index in [0.717, 1.165) is 11.3 Å². The van der Waals surface area contributed by atoms with Gasteiger partial charge in [0.1, 0.15) is 34.4 Å². The quantitative estimate of drug-likeness (QED) is 0.199. The third kappa shape index (κ3) is 7.76. The van der Waals surface area contributed by atoms with Crippen molar-refractivity contribution in [1.29, 1.82) is 0 Å². The molecule has 0 saturated heterocycles. The van der Waals surface area contributed by atoms with E-state index in [2.05, 4.69) is 10.3 Å². The first-order chi connectivity index (χ1) is 18.8. The van der Waals surface area contributed by atoms with Gasteiger partial charge in [0.25, 0.3) is 16.0 Å². The van der Waals surface area contributed by atoms with E-state index in [1.807, 2.05) is 36.4 Å². The molecule has 0 atom stereocenters. The zero-order chi connectivity index (χ0) is 29.6. The van der Waals surface area contributed by atoms with Gasteiger partial charge in [-0.25, -0.2) is 9.18 Å². The van der Waals surface area contributed by atoms with Gasteiger partial charge in [-0.2, -0.15) is 8.42 Å². The van der Waals surface area contributed by atoms with Crippen molar-refractivity contribution in [3.63, 3.8) is 0 Å². The summed E-state index contributed by atoms with van der Waals surface area (Å²) in [5.41, 5.74) is 7.45. The number of likely N-dealkylation sites (N-methyl/N-ethyl adjacent to an activating group) is 1. The fraction of sp³-hybridized carbons (Fsp3) is 0.111. The van der Waals surface area contributed by atoms with Crippen LogP contribution in [-0.2, 0) is 19.7 Å². The summed E-state index contributed by atoms with van der Waals surface area (Å²) < 4.78 is 50.4. The number of rotatable bonds is 6. The van der Waals surface area contributed by atoms with Gasteiger partial charge in [0.05, 0.1) is 16.8 Å². The third-order valence-corrected chi connectivity index (χ3v) is 6.95. The van der Waals surface area contributed by atoms with Crippen LogP contribution < -0.4 is 15.8 Å². The second kappa shape index (κ2) is 12.9. The number of benzene rings is 2. The Kier molecular flexibility index (Phi) is 9.82. The minimum atomic E-state index is -4.02. The fourth-order valence-corrected chi connectivity index (χ4v) is 4.26. The zero-order valence-corrected chi connectivity index (χ0v) is 24.4. The Morgan fingerprint density at radius 1 is 1.15 bits per heavy atom. The van der Waals surface area contributed by atoms with Crippen LogP contribution in [0.1, 0.15) is 11.3 Å². The van der Waals surface area contributed by atoms with Crippen LogP contribution in [0.3, 0.4) is 0 Å². The molecule has 2 aromatic carbocycles. The molecule has 0 saturated carbocycles. The molecule has 0 aliphatic carbocycles. The topological polar surface area (TPSA) is 152 Å². The lowest BCUT2D eigenvalue weighted by molar-refractivity contribution is -0.114. The third-order valence-electron chi connectivity index (χ3n) is 5.41. The van der Waals surface area contributed by atoms with Gasteiger partial charge in [0.15, 0.2) is 5.94 Å².